The van der Waals surface area contributed by atoms with Crippen LogP contribution in [0.1, 0.15) is 26.2 Å². The summed E-state index contributed by atoms with van der Waals surface area (Å²) in [4.78, 5) is 19.7. The molecule has 8 heteroatoms. The van der Waals surface area contributed by atoms with Crippen LogP contribution in [0.5, 0.6) is 0 Å². The van der Waals surface area contributed by atoms with Crippen LogP contribution in [0.4, 0.5) is 8.78 Å². The molecule has 0 aromatic carbocycles. The lowest BCUT2D eigenvalue weighted by atomic mass is 10.0. The van der Waals surface area contributed by atoms with Crippen molar-refractivity contribution in [2.75, 3.05) is 26.2 Å². The zero-order chi connectivity index (χ0) is 15.6. The number of rotatable bonds is 4. The molecule has 0 saturated carbocycles. The molecule has 1 fully saturated rings. The number of hydrogen-bond donors (Lipinski definition) is 1. The van der Waals surface area contributed by atoms with Crippen LogP contribution in [0.2, 0.25) is 0 Å². The first-order chi connectivity index (χ1) is 9.79. The van der Waals surface area contributed by atoms with Crippen LogP contribution in [0, 0.1) is 0 Å². The summed E-state index contributed by atoms with van der Waals surface area (Å²) in [6, 6.07) is 0. The normalized spacial score (nSPS) is 17.5. The number of aromatic nitrogens is 2. The summed E-state index contributed by atoms with van der Waals surface area (Å²) >= 11 is 0. The van der Waals surface area contributed by atoms with E-state index < -0.39 is 12.1 Å². The van der Waals surface area contributed by atoms with Gasteiger partial charge >= 0.3 is 6.55 Å². The molecule has 2 heterocycles. The average molecular weight is 301 g/mol. The maximum atomic E-state index is 12.8. The Morgan fingerprint density at radius 3 is 2.52 bits per heavy atom. The van der Waals surface area contributed by atoms with Crippen LogP contribution in [-0.2, 0) is 11.3 Å². The van der Waals surface area contributed by atoms with E-state index >= 15 is 0 Å². The number of carbonyl (C=O) groups is 1. The summed E-state index contributed by atoms with van der Waals surface area (Å²) in [5.41, 5.74) is 4.92. The molecule has 1 aromatic rings. The molecular formula is C13H21F2N5O. The van der Waals surface area contributed by atoms with Gasteiger partial charge in [0.1, 0.15) is 5.82 Å². The van der Waals surface area contributed by atoms with Gasteiger partial charge in [-0.15, -0.1) is 0 Å². The summed E-state index contributed by atoms with van der Waals surface area (Å²) in [7, 11) is 0. The van der Waals surface area contributed by atoms with Gasteiger partial charge in [0.2, 0.25) is 5.91 Å². The minimum absolute atomic E-state index is 0.0868. The van der Waals surface area contributed by atoms with Gasteiger partial charge in [-0.25, -0.2) is 4.98 Å². The number of halogens is 2. The molecule has 1 aliphatic rings. The van der Waals surface area contributed by atoms with E-state index in [1.54, 1.807) is 18.7 Å². The van der Waals surface area contributed by atoms with Crippen LogP contribution in [0.3, 0.4) is 0 Å². The van der Waals surface area contributed by atoms with Gasteiger partial charge in [0, 0.05) is 38.6 Å². The number of carbonyl (C=O) groups excluding carboxylic acids is 1. The summed E-state index contributed by atoms with van der Waals surface area (Å²) in [6.45, 7) is 3.48. The Hall–Kier alpha value is -1.54. The molecule has 0 radical (unpaired) electrons. The Morgan fingerprint density at radius 2 is 2.00 bits per heavy atom. The van der Waals surface area contributed by atoms with Gasteiger partial charge in [0.05, 0.1) is 12.1 Å². The van der Waals surface area contributed by atoms with Crippen molar-refractivity contribution in [1.29, 1.82) is 0 Å². The SMILES string of the molecule is CC(C)(N)C(=O)N1CCN(Cc2nccn2C(F)F)CC1. The number of nitrogens with two attached hydrogens (primary N) is 1. The second kappa shape index (κ2) is 6.07. The first-order valence-corrected chi connectivity index (χ1v) is 6.89. The topological polar surface area (TPSA) is 67.4 Å². The number of amides is 1. The van der Waals surface area contributed by atoms with Crippen molar-refractivity contribution < 1.29 is 13.6 Å². The highest BCUT2D eigenvalue weighted by molar-refractivity contribution is 5.85. The molecule has 0 bridgehead atoms. The predicted molar refractivity (Wildman–Crippen MR) is 73.6 cm³/mol. The molecule has 2 rings (SSSR count). The third-order valence-corrected chi connectivity index (χ3v) is 3.53. The first-order valence-electron chi connectivity index (χ1n) is 6.89. The average Bonchev–Trinajstić information content (AvgIpc) is 2.86. The lowest BCUT2D eigenvalue weighted by molar-refractivity contribution is -0.137. The number of imidazole rings is 1. The van der Waals surface area contributed by atoms with Crippen LogP contribution in [-0.4, -0.2) is 57.0 Å². The zero-order valence-electron chi connectivity index (χ0n) is 12.3. The van der Waals surface area contributed by atoms with Crippen LogP contribution in [0.15, 0.2) is 12.4 Å². The van der Waals surface area contributed by atoms with Crippen LogP contribution < -0.4 is 5.73 Å². The van der Waals surface area contributed by atoms with Crippen molar-refractivity contribution in [2.24, 2.45) is 5.73 Å². The number of alkyl halides is 2. The Labute approximate surface area is 122 Å². The Kier molecular flexibility index (Phi) is 4.58. The third-order valence-electron chi connectivity index (χ3n) is 3.53. The summed E-state index contributed by atoms with van der Waals surface area (Å²) < 4.78 is 26.4. The standard InChI is InChI=1S/C13H21F2N5O/c1-13(2,16)11(21)19-7-5-18(6-8-19)9-10-17-3-4-20(10)12(14)15/h3-4,12H,5-9,16H2,1-2H3. The highest BCUT2D eigenvalue weighted by Crippen LogP contribution is 2.15. The maximum absolute atomic E-state index is 12.8. The first kappa shape index (κ1) is 15.8. The Morgan fingerprint density at radius 1 is 1.38 bits per heavy atom. The van der Waals surface area contributed by atoms with E-state index in [2.05, 4.69) is 4.98 Å². The fraction of sp³-hybridized carbons (Fsp3) is 0.692. The fourth-order valence-electron chi connectivity index (χ4n) is 2.36. The molecule has 6 nitrogen and oxygen atoms in total. The lowest BCUT2D eigenvalue weighted by Gasteiger charge is -2.37. The van der Waals surface area contributed by atoms with E-state index in [9.17, 15) is 13.6 Å². The van der Waals surface area contributed by atoms with E-state index in [4.69, 9.17) is 5.73 Å². The monoisotopic (exact) mass is 301 g/mol. The second-order valence-corrected chi connectivity index (χ2v) is 5.82. The number of piperazine rings is 1. The number of hydrogen-bond acceptors (Lipinski definition) is 4. The van der Waals surface area contributed by atoms with Gasteiger partial charge in [-0.3, -0.25) is 14.3 Å². The summed E-state index contributed by atoms with van der Waals surface area (Å²) in [5.74, 6) is 0.250. The molecule has 2 N–H and O–H groups in total. The minimum Gasteiger partial charge on any atom is -0.339 e. The van der Waals surface area contributed by atoms with E-state index in [1.165, 1.54) is 12.4 Å². The van der Waals surface area contributed by atoms with Gasteiger partial charge in [-0.2, -0.15) is 8.78 Å². The summed E-state index contributed by atoms with van der Waals surface area (Å²) in [6.07, 6.45) is 2.65. The third kappa shape index (κ3) is 3.76. The van der Waals surface area contributed by atoms with Gasteiger partial charge in [0.15, 0.2) is 0 Å². The molecule has 1 saturated heterocycles. The van der Waals surface area contributed by atoms with Gasteiger partial charge in [-0.1, -0.05) is 0 Å². The highest BCUT2D eigenvalue weighted by Gasteiger charge is 2.30. The van der Waals surface area contributed by atoms with E-state index in [0.29, 0.717) is 38.5 Å². The van der Waals surface area contributed by atoms with Gasteiger partial charge < -0.3 is 10.6 Å². The molecule has 1 amide bonds. The van der Waals surface area contributed by atoms with Crippen molar-refractivity contribution in [3.8, 4) is 0 Å². The fourth-order valence-corrected chi connectivity index (χ4v) is 2.36. The van der Waals surface area contributed by atoms with Gasteiger partial charge in [-0.05, 0) is 13.8 Å². The van der Waals surface area contributed by atoms with Crippen molar-refractivity contribution in [3.05, 3.63) is 18.2 Å². The maximum Gasteiger partial charge on any atom is 0.319 e. The van der Waals surface area contributed by atoms with Crippen molar-refractivity contribution in [1.82, 2.24) is 19.4 Å². The predicted octanol–water partition coefficient (Wildman–Crippen LogP) is 0.660. The molecule has 1 aromatic heterocycles. The quantitative estimate of drug-likeness (QED) is 0.887. The number of nitrogens with zero attached hydrogens (tertiary/aromatic N) is 4. The van der Waals surface area contributed by atoms with Gasteiger partial charge in [0.25, 0.3) is 0 Å². The molecule has 0 atom stereocenters. The molecule has 0 unspecified atom stereocenters. The second-order valence-electron chi connectivity index (χ2n) is 5.82. The minimum atomic E-state index is -2.58. The molecule has 0 spiro atoms. The summed E-state index contributed by atoms with van der Waals surface area (Å²) in [5, 5.41) is 0. The Bertz CT molecular complexity index is 489. The highest BCUT2D eigenvalue weighted by atomic mass is 19.3. The van der Waals surface area contributed by atoms with Crippen LogP contribution in [0.25, 0.3) is 0 Å². The lowest BCUT2D eigenvalue weighted by Crippen LogP contribution is -2.56. The molecule has 118 valence electrons. The van der Waals surface area contributed by atoms with Crippen molar-refractivity contribution >= 4 is 5.91 Å². The largest absolute Gasteiger partial charge is 0.339 e. The smallest absolute Gasteiger partial charge is 0.319 e. The van der Waals surface area contributed by atoms with Crippen LogP contribution >= 0.6 is 0 Å². The molecule has 21 heavy (non-hydrogen) atoms. The Balaban J connectivity index is 1.90. The van der Waals surface area contributed by atoms with E-state index in [1.807, 2.05) is 4.90 Å². The zero-order valence-corrected chi connectivity index (χ0v) is 12.3. The molecule has 0 aliphatic carbocycles. The van der Waals surface area contributed by atoms with E-state index in [-0.39, 0.29) is 5.91 Å². The van der Waals surface area contributed by atoms with Crippen molar-refractivity contribution in [2.45, 2.75) is 32.5 Å². The van der Waals surface area contributed by atoms with E-state index in [0.717, 1.165) is 4.57 Å². The molecule has 1 aliphatic heterocycles. The van der Waals surface area contributed by atoms with Crippen molar-refractivity contribution in [3.63, 3.8) is 0 Å². The molecular weight excluding hydrogens is 280 g/mol.